The molecule has 80 valence electrons. The third-order valence-electron chi connectivity index (χ3n) is 1.64. The number of hydrogen-bond donors (Lipinski definition) is 0. The van der Waals surface area contributed by atoms with E-state index in [2.05, 4.69) is 5.11 Å². The number of rotatable bonds is 2. The quantitative estimate of drug-likeness (QED) is 0.323. The number of carbonyl (C=O) groups excluding carboxylic acids is 1. The molecule has 0 aliphatic heterocycles. The lowest BCUT2D eigenvalue weighted by atomic mass is 10.1. The van der Waals surface area contributed by atoms with Crippen molar-refractivity contribution in [3.05, 3.63) is 35.0 Å². The zero-order valence-electron chi connectivity index (χ0n) is 9.10. The maximum absolute atomic E-state index is 11.5. The Balaban J connectivity index is 2.97. The van der Waals surface area contributed by atoms with Crippen molar-refractivity contribution < 1.29 is 9.66 Å². The third-order valence-corrected chi connectivity index (χ3v) is 1.64. The van der Waals surface area contributed by atoms with Crippen LogP contribution in [0.2, 0.25) is 0 Å². The van der Waals surface area contributed by atoms with Gasteiger partial charge in [0.25, 0.3) is 0 Å². The molecule has 0 radical (unpaired) electrons. The topological polar surface area (TPSA) is 55.5 Å². The van der Waals surface area contributed by atoms with Crippen molar-refractivity contribution in [3.8, 4) is 0 Å². The lowest BCUT2D eigenvalue weighted by Gasteiger charge is -2.09. The SMILES string of the molecule is CC(C)(C)N=[N+]([O-])c1ccc(C=O)cc1. The Morgan fingerprint density at radius 3 is 2.20 bits per heavy atom. The summed E-state index contributed by atoms with van der Waals surface area (Å²) in [6.45, 7) is 5.53. The van der Waals surface area contributed by atoms with Gasteiger partial charge in [0.2, 0.25) is 5.69 Å². The van der Waals surface area contributed by atoms with Gasteiger partial charge in [-0.2, -0.15) is 0 Å². The van der Waals surface area contributed by atoms with Crippen LogP contribution in [0.4, 0.5) is 5.69 Å². The molecule has 15 heavy (non-hydrogen) atoms. The first-order valence-corrected chi connectivity index (χ1v) is 4.68. The Hall–Kier alpha value is -1.71. The molecule has 0 aliphatic carbocycles. The molecule has 4 nitrogen and oxygen atoms in total. The van der Waals surface area contributed by atoms with Crippen LogP contribution < -0.4 is 0 Å². The van der Waals surface area contributed by atoms with Crippen LogP contribution in [0.3, 0.4) is 0 Å². The van der Waals surface area contributed by atoms with Crippen molar-refractivity contribution in [2.24, 2.45) is 5.11 Å². The van der Waals surface area contributed by atoms with Crippen molar-refractivity contribution in [1.82, 2.24) is 0 Å². The standard InChI is InChI=1S/C11H14N2O2/c1-11(2,3)12-13(15)10-6-4-9(8-14)5-7-10/h4-8H,1-3H3. The van der Waals surface area contributed by atoms with Crippen molar-refractivity contribution in [2.75, 3.05) is 0 Å². The molecular formula is C11H14N2O2. The van der Waals surface area contributed by atoms with E-state index in [1.807, 2.05) is 20.8 Å². The van der Waals surface area contributed by atoms with Gasteiger partial charge in [0, 0.05) is 17.7 Å². The van der Waals surface area contributed by atoms with Crippen molar-refractivity contribution >= 4 is 12.0 Å². The fourth-order valence-electron chi connectivity index (χ4n) is 1.01. The van der Waals surface area contributed by atoms with Crippen LogP contribution in [0.25, 0.3) is 0 Å². The van der Waals surface area contributed by atoms with Gasteiger partial charge in [-0.05, 0) is 38.0 Å². The van der Waals surface area contributed by atoms with Crippen LogP contribution in [0, 0.1) is 5.21 Å². The largest absolute Gasteiger partial charge is 0.594 e. The smallest absolute Gasteiger partial charge is 0.244 e. The molecule has 0 bridgehead atoms. The van der Waals surface area contributed by atoms with Gasteiger partial charge in [-0.25, -0.2) is 0 Å². The molecule has 0 aliphatic rings. The van der Waals surface area contributed by atoms with Crippen LogP contribution in [0.1, 0.15) is 31.1 Å². The molecular weight excluding hydrogens is 192 g/mol. The minimum absolute atomic E-state index is 0.412. The summed E-state index contributed by atoms with van der Waals surface area (Å²) in [5, 5.41) is 15.4. The van der Waals surface area contributed by atoms with E-state index in [0.717, 1.165) is 6.29 Å². The summed E-state index contributed by atoms with van der Waals surface area (Å²) in [4.78, 5) is 11.0. The summed E-state index contributed by atoms with van der Waals surface area (Å²) in [7, 11) is 0. The Kier molecular flexibility index (Phi) is 3.19. The van der Waals surface area contributed by atoms with E-state index in [4.69, 9.17) is 0 Å². The summed E-state index contributed by atoms with van der Waals surface area (Å²) >= 11 is 0. The minimum Gasteiger partial charge on any atom is -0.594 e. The van der Waals surface area contributed by atoms with Gasteiger partial charge in [0.1, 0.15) is 11.8 Å². The Labute approximate surface area is 88.8 Å². The van der Waals surface area contributed by atoms with E-state index in [1.165, 1.54) is 0 Å². The van der Waals surface area contributed by atoms with Gasteiger partial charge >= 0.3 is 0 Å². The molecule has 0 spiro atoms. The first-order valence-electron chi connectivity index (χ1n) is 4.68. The Morgan fingerprint density at radius 2 is 1.80 bits per heavy atom. The summed E-state index contributed by atoms with van der Waals surface area (Å²) in [6, 6.07) is 6.33. The number of aldehydes is 1. The monoisotopic (exact) mass is 206 g/mol. The minimum atomic E-state index is -0.412. The number of carbonyl (C=O) groups is 1. The molecule has 1 rings (SSSR count). The van der Waals surface area contributed by atoms with Crippen LogP contribution in [-0.4, -0.2) is 16.7 Å². The van der Waals surface area contributed by atoms with E-state index in [9.17, 15) is 10.0 Å². The Morgan fingerprint density at radius 1 is 1.27 bits per heavy atom. The molecule has 0 N–H and O–H groups in total. The lowest BCUT2D eigenvalue weighted by Crippen LogP contribution is -2.12. The van der Waals surface area contributed by atoms with Gasteiger partial charge in [-0.15, -0.1) is 0 Å². The molecule has 0 saturated carbocycles. The summed E-state index contributed by atoms with van der Waals surface area (Å²) < 4.78 is 0. The molecule has 0 amide bonds. The van der Waals surface area contributed by atoms with Crippen LogP contribution in [0.5, 0.6) is 0 Å². The van der Waals surface area contributed by atoms with Gasteiger partial charge < -0.3 is 5.21 Å². The van der Waals surface area contributed by atoms with Gasteiger partial charge in [-0.1, -0.05) is 4.86 Å². The Bertz CT molecular complexity index is 375. The fourth-order valence-corrected chi connectivity index (χ4v) is 1.01. The number of benzene rings is 1. The molecule has 0 atom stereocenters. The average molecular weight is 206 g/mol. The van der Waals surface area contributed by atoms with E-state index in [-0.39, 0.29) is 0 Å². The molecule has 1 aromatic carbocycles. The lowest BCUT2D eigenvalue weighted by molar-refractivity contribution is -0.449. The van der Waals surface area contributed by atoms with Crippen molar-refractivity contribution in [3.63, 3.8) is 0 Å². The molecule has 0 unspecified atom stereocenters. The predicted octanol–water partition coefficient (Wildman–Crippen LogP) is 2.89. The number of hydrogen-bond acceptors (Lipinski definition) is 3. The first-order chi connectivity index (χ1) is 6.92. The molecule has 0 saturated heterocycles. The van der Waals surface area contributed by atoms with Crippen LogP contribution in [0.15, 0.2) is 29.4 Å². The highest BCUT2D eigenvalue weighted by Crippen LogP contribution is 2.15. The van der Waals surface area contributed by atoms with Gasteiger partial charge in [0.05, 0.1) is 0 Å². The second-order valence-corrected chi connectivity index (χ2v) is 4.25. The van der Waals surface area contributed by atoms with E-state index in [0.29, 0.717) is 16.1 Å². The van der Waals surface area contributed by atoms with Gasteiger partial charge in [-0.3, -0.25) is 4.79 Å². The molecule has 0 fully saturated rings. The number of nitrogens with zero attached hydrogens (tertiary/aromatic N) is 2. The normalized spacial score (nSPS) is 12.6. The van der Waals surface area contributed by atoms with E-state index < -0.39 is 5.54 Å². The van der Waals surface area contributed by atoms with Gasteiger partial charge in [0.15, 0.2) is 0 Å². The highest BCUT2D eigenvalue weighted by atomic mass is 16.5. The number of azo groups is 1. The maximum atomic E-state index is 11.5. The van der Waals surface area contributed by atoms with Crippen molar-refractivity contribution in [2.45, 2.75) is 26.3 Å². The first kappa shape index (κ1) is 11.4. The molecule has 0 heterocycles. The zero-order valence-corrected chi connectivity index (χ0v) is 9.10. The second kappa shape index (κ2) is 4.21. The maximum Gasteiger partial charge on any atom is 0.244 e. The average Bonchev–Trinajstić information content (AvgIpc) is 2.15. The second-order valence-electron chi connectivity index (χ2n) is 4.25. The highest BCUT2D eigenvalue weighted by Gasteiger charge is 2.14. The molecule has 0 aromatic heterocycles. The molecule has 4 heteroatoms. The zero-order chi connectivity index (χ0) is 11.5. The van der Waals surface area contributed by atoms with E-state index in [1.54, 1.807) is 24.3 Å². The third kappa shape index (κ3) is 3.50. The van der Waals surface area contributed by atoms with Crippen molar-refractivity contribution in [1.29, 1.82) is 0 Å². The van der Waals surface area contributed by atoms with Crippen LogP contribution in [-0.2, 0) is 0 Å². The highest BCUT2D eigenvalue weighted by molar-refractivity contribution is 5.75. The fraction of sp³-hybridized carbons (Fsp3) is 0.364. The summed E-state index contributed by atoms with van der Waals surface area (Å²) in [6.07, 6.45) is 0.736. The van der Waals surface area contributed by atoms with E-state index >= 15 is 0 Å². The predicted molar refractivity (Wildman–Crippen MR) is 57.3 cm³/mol. The summed E-state index contributed by atoms with van der Waals surface area (Å²) in [5.41, 5.74) is 0.559. The summed E-state index contributed by atoms with van der Waals surface area (Å²) in [5.74, 6) is 0. The molecule has 1 aromatic rings. The van der Waals surface area contributed by atoms with Crippen LogP contribution >= 0.6 is 0 Å².